The topological polar surface area (TPSA) is 40.1 Å². The third-order valence-corrected chi connectivity index (χ3v) is 7.68. The standard InChI is InChI=1S/C34H22N2O2/c1-21-20-38-33-17-15-23(19-28(33)34(21)37)36-31-13-7-4-10-26(31)27-18-22(14-16-32(27)36)35-29-11-5-2-8-24(29)25-9-3-6-12-30(25)35/h2-20H,1H3. The molecule has 0 saturated carbocycles. The van der Waals surface area contributed by atoms with E-state index in [1.54, 1.807) is 6.92 Å². The molecule has 4 heteroatoms. The molecule has 0 unspecified atom stereocenters. The molecule has 8 rings (SSSR count). The van der Waals surface area contributed by atoms with Gasteiger partial charge in [0, 0.05) is 38.5 Å². The van der Waals surface area contributed by atoms with Gasteiger partial charge >= 0.3 is 0 Å². The van der Waals surface area contributed by atoms with Crippen molar-refractivity contribution in [3.8, 4) is 11.4 Å². The molecule has 0 N–H and O–H groups in total. The predicted molar refractivity (Wildman–Crippen MR) is 156 cm³/mol. The number of rotatable bonds is 2. The normalized spacial score (nSPS) is 11.9. The lowest BCUT2D eigenvalue weighted by Crippen LogP contribution is -2.05. The van der Waals surface area contributed by atoms with E-state index >= 15 is 0 Å². The van der Waals surface area contributed by atoms with Gasteiger partial charge in [-0.3, -0.25) is 4.79 Å². The van der Waals surface area contributed by atoms with Crippen LogP contribution in [0.3, 0.4) is 0 Å². The molecule has 38 heavy (non-hydrogen) atoms. The Kier molecular flexibility index (Phi) is 4.27. The Morgan fingerprint density at radius 3 is 1.61 bits per heavy atom. The van der Waals surface area contributed by atoms with Crippen molar-refractivity contribution in [3.05, 3.63) is 131 Å². The minimum Gasteiger partial charge on any atom is -0.464 e. The zero-order valence-electron chi connectivity index (χ0n) is 20.7. The van der Waals surface area contributed by atoms with Gasteiger partial charge in [0.25, 0.3) is 0 Å². The molecule has 0 atom stereocenters. The molecule has 0 aliphatic heterocycles. The van der Waals surface area contributed by atoms with Gasteiger partial charge in [-0.15, -0.1) is 0 Å². The number of nitrogens with zero attached hydrogens (tertiary/aromatic N) is 2. The van der Waals surface area contributed by atoms with Crippen LogP contribution in [0.4, 0.5) is 0 Å². The maximum absolute atomic E-state index is 12.9. The van der Waals surface area contributed by atoms with Gasteiger partial charge < -0.3 is 13.6 Å². The molecule has 0 aliphatic rings. The van der Waals surface area contributed by atoms with E-state index in [9.17, 15) is 4.79 Å². The molecule has 0 radical (unpaired) electrons. The van der Waals surface area contributed by atoms with Crippen molar-refractivity contribution in [1.29, 1.82) is 0 Å². The average Bonchev–Trinajstić information content (AvgIpc) is 3.48. The summed E-state index contributed by atoms with van der Waals surface area (Å²) in [5.41, 5.74) is 7.82. The number of para-hydroxylation sites is 3. The third-order valence-electron chi connectivity index (χ3n) is 7.68. The van der Waals surface area contributed by atoms with Gasteiger partial charge in [-0.05, 0) is 61.5 Å². The SMILES string of the molecule is Cc1coc2ccc(-n3c4ccccc4c4cc(-n5c6ccccc6c6ccccc65)ccc43)cc2c1=O. The van der Waals surface area contributed by atoms with E-state index in [4.69, 9.17) is 4.42 Å². The largest absolute Gasteiger partial charge is 0.464 e. The number of aryl methyl sites for hydroxylation is 1. The van der Waals surface area contributed by atoms with Crippen LogP contribution in [0.5, 0.6) is 0 Å². The van der Waals surface area contributed by atoms with E-state index in [-0.39, 0.29) is 5.43 Å². The highest BCUT2D eigenvalue weighted by atomic mass is 16.3. The first kappa shape index (κ1) is 21.0. The van der Waals surface area contributed by atoms with Gasteiger partial charge in [0.05, 0.1) is 33.7 Å². The van der Waals surface area contributed by atoms with E-state index in [0.29, 0.717) is 16.5 Å². The summed E-state index contributed by atoms with van der Waals surface area (Å²) >= 11 is 0. The van der Waals surface area contributed by atoms with Crippen LogP contribution >= 0.6 is 0 Å². The minimum absolute atomic E-state index is 0.00233. The lowest BCUT2D eigenvalue weighted by Gasteiger charge is -2.11. The molecule has 4 nitrogen and oxygen atoms in total. The molecule has 0 saturated heterocycles. The van der Waals surface area contributed by atoms with Crippen molar-refractivity contribution in [2.24, 2.45) is 0 Å². The average molecular weight is 491 g/mol. The fraction of sp³-hybridized carbons (Fsp3) is 0.0294. The molecule has 0 amide bonds. The monoisotopic (exact) mass is 490 g/mol. The number of aromatic nitrogens is 2. The van der Waals surface area contributed by atoms with Gasteiger partial charge in [0.2, 0.25) is 0 Å². The van der Waals surface area contributed by atoms with Crippen LogP contribution < -0.4 is 5.43 Å². The number of hydrogen-bond acceptors (Lipinski definition) is 2. The molecule has 3 aromatic heterocycles. The van der Waals surface area contributed by atoms with Crippen LogP contribution in [-0.2, 0) is 0 Å². The molecule has 0 aliphatic carbocycles. The van der Waals surface area contributed by atoms with E-state index in [1.165, 1.54) is 33.5 Å². The smallest absolute Gasteiger partial charge is 0.195 e. The highest BCUT2D eigenvalue weighted by molar-refractivity contribution is 6.12. The fourth-order valence-corrected chi connectivity index (χ4v) is 5.93. The van der Waals surface area contributed by atoms with Crippen LogP contribution in [0, 0.1) is 6.92 Å². The highest BCUT2D eigenvalue weighted by Gasteiger charge is 2.16. The Hall–Kier alpha value is -5.09. The maximum Gasteiger partial charge on any atom is 0.195 e. The second kappa shape index (κ2) is 7.70. The first-order valence-corrected chi connectivity index (χ1v) is 12.7. The first-order valence-electron chi connectivity index (χ1n) is 12.7. The zero-order valence-corrected chi connectivity index (χ0v) is 20.7. The van der Waals surface area contributed by atoms with E-state index in [2.05, 4.69) is 100 Å². The Morgan fingerprint density at radius 2 is 1.00 bits per heavy atom. The van der Waals surface area contributed by atoms with E-state index < -0.39 is 0 Å². The lowest BCUT2D eigenvalue weighted by atomic mass is 10.1. The van der Waals surface area contributed by atoms with E-state index in [1.807, 2.05) is 18.2 Å². The van der Waals surface area contributed by atoms with Crippen LogP contribution in [0.25, 0.3) is 66.0 Å². The van der Waals surface area contributed by atoms with Crippen molar-refractivity contribution in [1.82, 2.24) is 9.13 Å². The zero-order chi connectivity index (χ0) is 25.4. The van der Waals surface area contributed by atoms with Crippen molar-refractivity contribution < 1.29 is 4.42 Å². The molecule has 0 spiro atoms. The summed E-state index contributed by atoms with van der Waals surface area (Å²) in [6, 6.07) is 38.1. The summed E-state index contributed by atoms with van der Waals surface area (Å²) in [6.07, 6.45) is 1.53. The van der Waals surface area contributed by atoms with Crippen molar-refractivity contribution in [2.75, 3.05) is 0 Å². The highest BCUT2D eigenvalue weighted by Crippen LogP contribution is 2.37. The summed E-state index contributed by atoms with van der Waals surface area (Å²) in [7, 11) is 0. The second-order valence-electron chi connectivity index (χ2n) is 9.85. The Bertz CT molecular complexity index is 2230. The Balaban J connectivity index is 1.44. The van der Waals surface area contributed by atoms with Crippen LogP contribution in [0.15, 0.2) is 125 Å². The minimum atomic E-state index is 0.00233. The second-order valence-corrected chi connectivity index (χ2v) is 9.85. The Labute approximate surface area is 217 Å². The molecular weight excluding hydrogens is 468 g/mol. The fourth-order valence-electron chi connectivity index (χ4n) is 5.93. The van der Waals surface area contributed by atoms with Crippen LogP contribution in [0.2, 0.25) is 0 Å². The van der Waals surface area contributed by atoms with Gasteiger partial charge in [-0.2, -0.15) is 0 Å². The van der Waals surface area contributed by atoms with Crippen LogP contribution in [0.1, 0.15) is 5.56 Å². The molecule has 180 valence electrons. The summed E-state index contributed by atoms with van der Waals surface area (Å²) in [6.45, 7) is 1.79. The van der Waals surface area contributed by atoms with Crippen LogP contribution in [-0.4, -0.2) is 9.13 Å². The van der Waals surface area contributed by atoms with Gasteiger partial charge in [0.1, 0.15) is 5.58 Å². The molecular formula is C34H22N2O2. The molecule has 0 fully saturated rings. The van der Waals surface area contributed by atoms with E-state index in [0.717, 1.165) is 27.8 Å². The molecule has 5 aromatic carbocycles. The van der Waals surface area contributed by atoms with Gasteiger partial charge in [-0.25, -0.2) is 0 Å². The third kappa shape index (κ3) is 2.83. The van der Waals surface area contributed by atoms with Gasteiger partial charge in [-0.1, -0.05) is 54.6 Å². The van der Waals surface area contributed by atoms with Crippen molar-refractivity contribution in [3.63, 3.8) is 0 Å². The van der Waals surface area contributed by atoms with Gasteiger partial charge in [0.15, 0.2) is 5.43 Å². The number of hydrogen-bond donors (Lipinski definition) is 0. The molecule has 8 aromatic rings. The molecule has 3 heterocycles. The number of benzene rings is 5. The summed E-state index contributed by atoms with van der Waals surface area (Å²) in [5, 5.41) is 5.42. The van der Waals surface area contributed by atoms with Crippen molar-refractivity contribution in [2.45, 2.75) is 6.92 Å². The summed E-state index contributed by atoms with van der Waals surface area (Å²) < 4.78 is 10.3. The summed E-state index contributed by atoms with van der Waals surface area (Å²) in [4.78, 5) is 12.9. The number of fused-ring (bicyclic) bond motifs is 7. The Morgan fingerprint density at radius 1 is 0.526 bits per heavy atom. The first-order chi connectivity index (χ1) is 18.7. The lowest BCUT2D eigenvalue weighted by molar-refractivity contribution is 0.597. The predicted octanol–water partition coefficient (Wildman–Crippen LogP) is 8.30. The molecule has 0 bridgehead atoms. The quantitative estimate of drug-likeness (QED) is 0.245. The summed E-state index contributed by atoms with van der Waals surface area (Å²) in [5.74, 6) is 0. The maximum atomic E-state index is 12.9. The van der Waals surface area contributed by atoms with Crippen molar-refractivity contribution >= 4 is 54.6 Å².